The Kier molecular flexibility index (Phi) is 2.79. The van der Waals surface area contributed by atoms with Gasteiger partial charge in [-0.1, -0.05) is 6.92 Å². The number of nitrogens with two attached hydrogens (primary N) is 1. The fraction of sp³-hybridized carbons (Fsp3) is 0.333. The van der Waals surface area contributed by atoms with E-state index in [1.165, 1.54) is 5.38 Å². The second kappa shape index (κ2) is 3.52. The summed E-state index contributed by atoms with van der Waals surface area (Å²) in [6.07, 6.45) is 0. The monoisotopic (exact) mass is 222 g/mol. The summed E-state index contributed by atoms with van der Waals surface area (Å²) < 4.78 is 24.8. The Hall–Kier alpha value is -0.790. The minimum absolute atomic E-state index is 0.0847. The molecular weight excluding hydrogens is 212 g/mol. The molecule has 0 spiro atoms. The van der Waals surface area contributed by atoms with Crippen LogP contribution in [0.5, 0.6) is 5.75 Å². The highest BCUT2D eigenvalue weighted by atomic mass is 32.2. The van der Waals surface area contributed by atoms with Crippen LogP contribution in [0.4, 0.5) is 5.69 Å². The molecule has 0 aromatic carbocycles. The van der Waals surface area contributed by atoms with E-state index in [1.54, 1.807) is 6.92 Å². The van der Waals surface area contributed by atoms with Crippen LogP contribution < -0.4 is 10.5 Å². The van der Waals surface area contributed by atoms with Gasteiger partial charge in [0.25, 0.3) is 10.0 Å². The predicted octanol–water partition coefficient (Wildman–Crippen LogP) is 0.334. The molecule has 0 amide bonds. The zero-order valence-corrected chi connectivity index (χ0v) is 8.58. The maximum absolute atomic E-state index is 11.4. The van der Waals surface area contributed by atoms with E-state index in [-0.39, 0.29) is 22.2 Å². The van der Waals surface area contributed by atoms with Crippen LogP contribution >= 0.6 is 11.3 Å². The van der Waals surface area contributed by atoms with E-state index < -0.39 is 10.0 Å². The summed E-state index contributed by atoms with van der Waals surface area (Å²) >= 11 is 0.898. The van der Waals surface area contributed by atoms with Crippen molar-refractivity contribution in [2.24, 2.45) is 0 Å². The number of hydrogen-bond acceptors (Lipinski definition) is 5. The first-order valence-corrected chi connectivity index (χ1v) is 5.91. The Balaban J connectivity index is 3.15. The predicted molar refractivity (Wildman–Crippen MR) is 51.3 cm³/mol. The van der Waals surface area contributed by atoms with Gasteiger partial charge in [0.05, 0.1) is 5.69 Å². The van der Waals surface area contributed by atoms with Crippen LogP contribution in [0.3, 0.4) is 0 Å². The number of sulfonamides is 1. The van der Waals surface area contributed by atoms with Crippen molar-refractivity contribution in [3.05, 3.63) is 5.38 Å². The average Bonchev–Trinajstić information content (AvgIpc) is 2.33. The van der Waals surface area contributed by atoms with Gasteiger partial charge in [-0.3, -0.25) is 0 Å². The zero-order valence-electron chi connectivity index (χ0n) is 6.94. The van der Waals surface area contributed by atoms with Crippen LogP contribution in [-0.2, 0) is 10.0 Å². The van der Waals surface area contributed by atoms with Crippen LogP contribution in [0.2, 0.25) is 0 Å². The average molecular weight is 222 g/mol. The highest BCUT2D eigenvalue weighted by Gasteiger charge is 2.21. The topological polar surface area (TPSA) is 92.4 Å². The maximum atomic E-state index is 11.4. The van der Waals surface area contributed by atoms with Crippen LogP contribution in [-0.4, -0.2) is 20.1 Å². The molecule has 5 nitrogen and oxygen atoms in total. The molecule has 1 aromatic rings. The lowest BCUT2D eigenvalue weighted by Crippen LogP contribution is -2.22. The summed E-state index contributed by atoms with van der Waals surface area (Å²) in [5, 5.41) is 10.7. The fourth-order valence-corrected chi connectivity index (χ4v) is 3.08. The Morgan fingerprint density at radius 2 is 2.31 bits per heavy atom. The molecule has 0 aliphatic rings. The number of hydrogen-bond donors (Lipinski definition) is 3. The van der Waals surface area contributed by atoms with Crippen molar-refractivity contribution in [1.29, 1.82) is 0 Å². The molecule has 0 aliphatic carbocycles. The normalized spacial score (nSPS) is 11.8. The number of thiophene rings is 1. The molecule has 0 atom stereocenters. The lowest BCUT2D eigenvalue weighted by atomic mass is 10.5. The van der Waals surface area contributed by atoms with Gasteiger partial charge in [-0.2, -0.15) is 0 Å². The van der Waals surface area contributed by atoms with Crippen molar-refractivity contribution < 1.29 is 13.5 Å². The van der Waals surface area contributed by atoms with Crippen molar-refractivity contribution in [3.8, 4) is 5.75 Å². The van der Waals surface area contributed by atoms with Crippen molar-refractivity contribution in [1.82, 2.24) is 4.72 Å². The van der Waals surface area contributed by atoms with Gasteiger partial charge >= 0.3 is 0 Å². The molecular formula is C6H10N2O3S2. The largest absolute Gasteiger partial charge is 0.504 e. The minimum atomic E-state index is -3.58. The molecule has 13 heavy (non-hydrogen) atoms. The van der Waals surface area contributed by atoms with Gasteiger partial charge in [0.2, 0.25) is 0 Å². The van der Waals surface area contributed by atoms with Crippen molar-refractivity contribution in [2.75, 3.05) is 12.3 Å². The number of anilines is 1. The standard InChI is InChI=1S/C6H10N2O3S2/c1-2-8-13(10,11)6-5(9)4(7)3-12-6/h3,8-9H,2,7H2,1H3. The van der Waals surface area contributed by atoms with Gasteiger partial charge in [0.1, 0.15) is 0 Å². The van der Waals surface area contributed by atoms with Gasteiger partial charge in [-0.15, -0.1) is 11.3 Å². The van der Waals surface area contributed by atoms with Gasteiger partial charge in [0.15, 0.2) is 9.96 Å². The summed E-state index contributed by atoms with van der Waals surface area (Å²) in [7, 11) is -3.58. The second-order valence-electron chi connectivity index (χ2n) is 2.33. The third kappa shape index (κ3) is 1.93. The van der Waals surface area contributed by atoms with E-state index in [1.807, 2.05) is 0 Å². The Bertz CT molecular complexity index is 396. The molecule has 1 heterocycles. The first-order chi connectivity index (χ1) is 5.99. The van der Waals surface area contributed by atoms with Gasteiger partial charge in [-0.05, 0) is 0 Å². The Morgan fingerprint density at radius 3 is 2.69 bits per heavy atom. The molecule has 0 saturated carbocycles. The van der Waals surface area contributed by atoms with Gasteiger partial charge in [0, 0.05) is 11.9 Å². The fourth-order valence-electron chi connectivity index (χ4n) is 0.793. The summed E-state index contributed by atoms with van der Waals surface area (Å²) in [6.45, 7) is 1.94. The summed E-state index contributed by atoms with van der Waals surface area (Å²) in [5.41, 5.74) is 5.39. The van der Waals surface area contributed by atoms with Crippen molar-refractivity contribution >= 4 is 27.0 Å². The second-order valence-corrected chi connectivity index (χ2v) is 5.17. The summed E-state index contributed by atoms with van der Waals surface area (Å²) in [4.78, 5) is 0. The van der Waals surface area contributed by atoms with E-state index in [9.17, 15) is 13.5 Å². The SMILES string of the molecule is CCNS(=O)(=O)c1scc(N)c1O. The lowest BCUT2D eigenvalue weighted by molar-refractivity contribution is 0.466. The van der Waals surface area contributed by atoms with E-state index in [0.29, 0.717) is 0 Å². The van der Waals surface area contributed by atoms with E-state index >= 15 is 0 Å². The lowest BCUT2D eigenvalue weighted by Gasteiger charge is -2.01. The number of nitrogen functional groups attached to an aromatic ring is 1. The number of nitrogens with one attached hydrogen (secondary N) is 1. The quantitative estimate of drug-likeness (QED) is 0.687. The Morgan fingerprint density at radius 1 is 1.69 bits per heavy atom. The molecule has 0 bridgehead atoms. The molecule has 4 N–H and O–H groups in total. The summed E-state index contributed by atoms with van der Waals surface area (Å²) in [5.74, 6) is -0.369. The minimum Gasteiger partial charge on any atom is -0.504 e. The Labute approximate surface area is 80.2 Å². The van der Waals surface area contributed by atoms with Crippen LogP contribution in [0, 0.1) is 0 Å². The number of aromatic hydroxyl groups is 1. The number of rotatable bonds is 3. The zero-order chi connectivity index (χ0) is 10.1. The highest BCUT2D eigenvalue weighted by Crippen LogP contribution is 2.34. The van der Waals surface area contributed by atoms with Gasteiger partial charge in [-0.25, -0.2) is 13.1 Å². The first-order valence-electron chi connectivity index (χ1n) is 3.54. The molecule has 0 aliphatic heterocycles. The molecule has 74 valence electrons. The maximum Gasteiger partial charge on any atom is 0.253 e. The third-order valence-corrected chi connectivity index (χ3v) is 4.41. The van der Waals surface area contributed by atoms with Crippen LogP contribution in [0.1, 0.15) is 6.92 Å². The molecule has 1 rings (SSSR count). The highest BCUT2D eigenvalue weighted by molar-refractivity contribution is 7.91. The van der Waals surface area contributed by atoms with Crippen molar-refractivity contribution in [3.63, 3.8) is 0 Å². The molecule has 0 saturated heterocycles. The molecule has 7 heteroatoms. The molecule has 0 unspecified atom stereocenters. The first kappa shape index (κ1) is 10.3. The summed E-state index contributed by atoms with van der Waals surface area (Å²) in [6, 6.07) is 0. The van der Waals surface area contributed by atoms with Crippen molar-refractivity contribution in [2.45, 2.75) is 11.1 Å². The van der Waals surface area contributed by atoms with E-state index in [4.69, 9.17) is 5.73 Å². The van der Waals surface area contributed by atoms with Crippen LogP contribution in [0.25, 0.3) is 0 Å². The third-order valence-electron chi connectivity index (χ3n) is 1.34. The molecule has 1 aromatic heterocycles. The molecule has 0 radical (unpaired) electrons. The van der Waals surface area contributed by atoms with E-state index in [2.05, 4.69) is 4.72 Å². The van der Waals surface area contributed by atoms with E-state index in [0.717, 1.165) is 11.3 Å². The van der Waals surface area contributed by atoms with Gasteiger partial charge < -0.3 is 10.8 Å². The smallest absolute Gasteiger partial charge is 0.253 e. The molecule has 0 fully saturated rings. The van der Waals surface area contributed by atoms with Crippen LogP contribution in [0.15, 0.2) is 9.59 Å².